The molecule has 0 aromatic heterocycles. The molecule has 0 radical (unpaired) electrons. The van der Waals surface area contributed by atoms with Gasteiger partial charge in [-0.05, 0) is 12.0 Å². The fourth-order valence-electron chi connectivity index (χ4n) is 1.34. The first-order chi connectivity index (χ1) is 6.77. The van der Waals surface area contributed by atoms with Gasteiger partial charge in [-0.15, -0.1) is 12.6 Å². The molecular weight excluding hydrogens is 190 g/mol. The first-order valence-electron chi connectivity index (χ1n) is 5.07. The molecule has 0 N–H and O–H groups in total. The maximum Gasteiger partial charge on any atom is 0.0363 e. The Balaban J connectivity index is 0.000000293. The van der Waals surface area contributed by atoms with Gasteiger partial charge >= 0.3 is 0 Å². The predicted molar refractivity (Wildman–Crippen MR) is 66.9 cm³/mol. The molecule has 1 aliphatic heterocycles. The van der Waals surface area contributed by atoms with Crippen molar-refractivity contribution in [2.45, 2.75) is 33.1 Å². The van der Waals surface area contributed by atoms with Gasteiger partial charge in [0.1, 0.15) is 0 Å². The van der Waals surface area contributed by atoms with Crippen molar-refractivity contribution in [2.75, 3.05) is 0 Å². The molecular formula is C12H17NS. The molecule has 1 nitrogen and oxygen atoms in total. The zero-order valence-corrected chi connectivity index (χ0v) is 9.72. The summed E-state index contributed by atoms with van der Waals surface area (Å²) in [7, 11) is 0. The Morgan fingerprint density at radius 1 is 1.43 bits per heavy atom. The lowest BCUT2D eigenvalue weighted by molar-refractivity contribution is 1.09. The summed E-state index contributed by atoms with van der Waals surface area (Å²) in [5, 5.41) is 0. The monoisotopic (exact) mass is 207 g/mol. The van der Waals surface area contributed by atoms with Crippen LogP contribution in [0.2, 0.25) is 0 Å². The molecule has 0 atom stereocenters. The average Bonchev–Trinajstić information content (AvgIpc) is 2.48. The third kappa shape index (κ3) is 3.18. The van der Waals surface area contributed by atoms with E-state index in [0.29, 0.717) is 0 Å². The van der Waals surface area contributed by atoms with E-state index in [2.05, 4.69) is 43.6 Å². The molecule has 0 aromatic carbocycles. The molecule has 0 saturated heterocycles. The second kappa shape index (κ2) is 5.86. The molecule has 2 rings (SSSR count). The van der Waals surface area contributed by atoms with Gasteiger partial charge in [0.2, 0.25) is 0 Å². The van der Waals surface area contributed by atoms with Crippen LogP contribution in [0.15, 0.2) is 39.4 Å². The Morgan fingerprint density at radius 3 is 2.86 bits per heavy atom. The predicted octanol–water partition coefficient (Wildman–Crippen LogP) is 3.90. The Labute approximate surface area is 91.7 Å². The Hall–Kier alpha value is -0.760. The first kappa shape index (κ1) is 11.3. The molecule has 0 bridgehead atoms. The van der Waals surface area contributed by atoms with Gasteiger partial charge < -0.3 is 0 Å². The second-order valence-corrected chi connectivity index (χ2v) is 4.02. The largest absolute Gasteiger partial charge is 0.263 e. The lowest BCUT2D eigenvalue weighted by Gasteiger charge is -1.99. The number of hydrogen-bond donors (Lipinski definition) is 1. The minimum absolute atomic E-state index is 0.964. The van der Waals surface area contributed by atoms with Gasteiger partial charge in [-0.1, -0.05) is 38.0 Å². The summed E-state index contributed by atoms with van der Waals surface area (Å²) < 4.78 is 0. The molecule has 1 aliphatic carbocycles. The van der Waals surface area contributed by atoms with Gasteiger partial charge in [-0.25, -0.2) is 0 Å². The van der Waals surface area contributed by atoms with Crippen molar-refractivity contribution in [1.82, 2.24) is 0 Å². The van der Waals surface area contributed by atoms with Crippen LogP contribution >= 0.6 is 12.6 Å². The van der Waals surface area contributed by atoms with Crippen molar-refractivity contribution in [2.24, 2.45) is 4.99 Å². The molecule has 1 heterocycles. The summed E-state index contributed by atoms with van der Waals surface area (Å²) in [4.78, 5) is 5.17. The van der Waals surface area contributed by atoms with Crippen molar-refractivity contribution < 1.29 is 0 Å². The Bertz CT molecular complexity index is 308. The van der Waals surface area contributed by atoms with E-state index >= 15 is 0 Å². The number of nitrogens with zero attached hydrogens (tertiary/aromatic N) is 1. The van der Waals surface area contributed by atoms with E-state index < -0.39 is 0 Å². The SMILES string of the molecule is CCC.SC1=CN=CC2=C(CC=C2)C1. The van der Waals surface area contributed by atoms with Crippen LogP contribution < -0.4 is 0 Å². The average molecular weight is 207 g/mol. The smallest absolute Gasteiger partial charge is 0.0363 e. The molecule has 14 heavy (non-hydrogen) atoms. The topological polar surface area (TPSA) is 12.4 Å². The molecule has 0 spiro atoms. The molecule has 0 aromatic rings. The second-order valence-electron chi connectivity index (χ2n) is 3.45. The lowest BCUT2D eigenvalue weighted by atomic mass is 10.1. The highest BCUT2D eigenvalue weighted by molar-refractivity contribution is 7.84. The standard InChI is InChI=1S/C9H9NS.C3H8/c11-9-4-7-2-1-3-8(7)5-10-6-9;1-3-2/h1,3,5-6,11H,2,4H2;3H2,1-2H3. The van der Waals surface area contributed by atoms with E-state index in [1.807, 2.05) is 12.4 Å². The van der Waals surface area contributed by atoms with Gasteiger partial charge in [-0.2, -0.15) is 0 Å². The molecule has 0 saturated carbocycles. The van der Waals surface area contributed by atoms with Crippen molar-refractivity contribution in [3.8, 4) is 0 Å². The lowest BCUT2D eigenvalue weighted by Crippen LogP contribution is -1.83. The van der Waals surface area contributed by atoms with Crippen molar-refractivity contribution in [3.63, 3.8) is 0 Å². The van der Waals surface area contributed by atoms with Crippen LogP contribution in [0.5, 0.6) is 0 Å². The number of aliphatic imine (C=N–C) groups is 1. The van der Waals surface area contributed by atoms with E-state index in [-0.39, 0.29) is 0 Å². The van der Waals surface area contributed by atoms with Gasteiger partial charge in [0.05, 0.1) is 0 Å². The Kier molecular flexibility index (Phi) is 4.74. The van der Waals surface area contributed by atoms with E-state index in [4.69, 9.17) is 0 Å². The minimum atomic E-state index is 0.964. The molecule has 2 aliphatic rings. The van der Waals surface area contributed by atoms with E-state index in [0.717, 1.165) is 17.7 Å². The summed E-state index contributed by atoms with van der Waals surface area (Å²) in [6, 6.07) is 0. The van der Waals surface area contributed by atoms with Crippen molar-refractivity contribution in [1.29, 1.82) is 0 Å². The van der Waals surface area contributed by atoms with Crippen LogP contribution in [0.25, 0.3) is 0 Å². The summed E-state index contributed by atoms with van der Waals surface area (Å²) in [5.74, 6) is 0. The summed E-state index contributed by atoms with van der Waals surface area (Å²) in [5.41, 5.74) is 2.71. The zero-order valence-electron chi connectivity index (χ0n) is 8.83. The molecule has 76 valence electrons. The van der Waals surface area contributed by atoms with Gasteiger partial charge in [0.15, 0.2) is 0 Å². The highest BCUT2D eigenvalue weighted by Gasteiger charge is 2.09. The van der Waals surface area contributed by atoms with Crippen LogP contribution in [-0.4, -0.2) is 6.21 Å². The van der Waals surface area contributed by atoms with Crippen LogP contribution in [0.3, 0.4) is 0 Å². The quantitative estimate of drug-likeness (QED) is 0.578. The van der Waals surface area contributed by atoms with Crippen molar-refractivity contribution >= 4 is 18.8 Å². The van der Waals surface area contributed by atoms with Crippen LogP contribution in [-0.2, 0) is 0 Å². The minimum Gasteiger partial charge on any atom is -0.263 e. The van der Waals surface area contributed by atoms with E-state index in [1.165, 1.54) is 17.6 Å². The van der Waals surface area contributed by atoms with Gasteiger partial charge in [-0.3, -0.25) is 4.99 Å². The maximum absolute atomic E-state index is 4.30. The fraction of sp³-hybridized carbons (Fsp3) is 0.417. The fourth-order valence-corrected chi connectivity index (χ4v) is 1.60. The Morgan fingerprint density at radius 2 is 2.14 bits per heavy atom. The summed E-state index contributed by atoms with van der Waals surface area (Å²) in [6.45, 7) is 4.25. The highest BCUT2D eigenvalue weighted by Crippen LogP contribution is 2.27. The van der Waals surface area contributed by atoms with Crippen LogP contribution in [0.4, 0.5) is 0 Å². The number of thiol groups is 1. The molecule has 2 heteroatoms. The third-order valence-corrected chi connectivity index (χ3v) is 2.18. The normalized spacial score (nSPS) is 18.4. The van der Waals surface area contributed by atoms with E-state index in [1.54, 1.807) is 0 Å². The zero-order chi connectivity index (χ0) is 10.4. The number of allylic oxidation sites excluding steroid dienone is 5. The number of hydrogen-bond acceptors (Lipinski definition) is 2. The van der Waals surface area contributed by atoms with Gasteiger partial charge in [0, 0.05) is 23.7 Å². The van der Waals surface area contributed by atoms with E-state index in [9.17, 15) is 0 Å². The molecule has 0 amide bonds. The third-order valence-electron chi connectivity index (χ3n) is 1.90. The summed E-state index contributed by atoms with van der Waals surface area (Å²) >= 11 is 4.30. The first-order valence-corrected chi connectivity index (χ1v) is 5.52. The van der Waals surface area contributed by atoms with Gasteiger partial charge in [0.25, 0.3) is 0 Å². The number of rotatable bonds is 0. The van der Waals surface area contributed by atoms with Crippen LogP contribution in [0.1, 0.15) is 33.1 Å². The van der Waals surface area contributed by atoms with Crippen LogP contribution in [0, 0.1) is 0 Å². The van der Waals surface area contributed by atoms with Crippen molar-refractivity contribution in [3.05, 3.63) is 34.4 Å². The summed E-state index contributed by atoms with van der Waals surface area (Å²) in [6.07, 6.45) is 11.3. The highest BCUT2D eigenvalue weighted by atomic mass is 32.1. The molecule has 0 fully saturated rings. The maximum atomic E-state index is 4.30. The molecule has 0 unspecified atom stereocenters.